The molecule has 0 bridgehead atoms. The molecule has 4 nitrogen and oxygen atoms in total. The van der Waals surface area contributed by atoms with Gasteiger partial charge in [0.05, 0.1) is 20.6 Å². The SMILES string of the molecule is O=C(NC(=O)c1c(Cl)cccc1Cl)Nc1ccc(Cl)c(Br)c1. The van der Waals surface area contributed by atoms with Crippen molar-refractivity contribution in [1.82, 2.24) is 5.32 Å². The largest absolute Gasteiger partial charge is 0.326 e. The molecule has 114 valence electrons. The first kappa shape index (κ1) is 17.1. The predicted octanol–water partition coefficient (Wildman–Crippen LogP) is 5.37. The number of nitrogens with one attached hydrogen (secondary N) is 2. The molecular weight excluding hydrogens is 414 g/mol. The number of halogens is 4. The highest BCUT2D eigenvalue weighted by Crippen LogP contribution is 2.26. The second kappa shape index (κ2) is 7.33. The molecule has 0 fully saturated rings. The molecule has 0 unspecified atom stereocenters. The molecule has 2 N–H and O–H groups in total. The Hall–Kier alpha value is -1.27. The lowest BCUT2D eigenvalue weighted by atomic mass is 10.2. The summed E-state index contributed by atoms with van der Waals surface area (Å²) in [5.74, 6) is -0.693. The number of hydrogen-bond donors (Lipinski definition) is 2. The molecule has 2 aromatic carbocycles. The predicted molar refractivity (Wildman–Crippen MR) is 92.1 cm³/mol. The van der Waals surface area contributed by atoms with Crippen LogP contribution in [0, 0.1) is 0 Å². The van der Waals surface area contributed by atoms with Gasteiger partial charge in [0.25, 0.3) is 5.91 Å². The molecule has 0 saturated heterocycles. The molecule has 22 heavy (non-hydrogen) atoms. The highest BCUT2D eigenvalue weighted by Gasteiger charge is 2.17. The van der Waals surface area contributed by atoms with E-state index in [1.54, 1.807) is 24.3 Å². The maximum Gasteiger partial charge on any atom is 0.326 e. The Balaban J connectivity index is 2.08. The van der Waals surface area contributed by atoms with Crippen LogP contribution >= 0.6 is 50.7 Å². The first-order chi connectivity index (χ1) is 10.4. The third-order valence-corrected chi connectivity index (χ3v) is 4.44. The van der Waals surface area contributed by atoms with Crippen LogP contribution in [0.15, 0.2) is 40.9 Å². The second-order valence-electron chi connectivity index (χ2n) is 4.13. The third-order valence-electron chi connectivity index (χ3n) is 2.59. The molecule has 0 radical (unpaired) electrons. The van der Waals surface area contributed by atoms with Crippen molar-refractivity contribution >= 4 is 68.4 Å². The van der Waals surface area contributed by atoms with E-state index in [0.717, 1.165) is 0 Å². The number of carbonyl (C=O) groups is 2. The molecule has 3 amide bonds. The fourth-order valence-corrected chi connectivity index (χ4v) is 2.68. The highest BCUT2D eigenvalue weighted by molar-refractivity contribution is 9.10. The van der Waals surface area contributed by atoms with Gasteiger partial charge >= 0.3 is 6.03 Å². The summed E-state index contributed by atoms with van der Waals surface area (Å²) in [5, 5.41) is 5.48. The van der Waals surface area contributed by atoms with E-state index >= 15 is 0 Å². The molecule has 2 aromatic rings. The third kappa shape index (κ3) is 4.14. The molecule has 0 saturated carbocycles. The average Bonchev–Trinajstić information content (AvgIpc) is 2.42. The zero-order chi connectivity index (χ0) is 16.3. The van der Waals surface area contributed by atoms with Crippen molar-refractivity contribution in [3.63, 3.8) is 0 Å². The van der Waals surface area contributed by atoms with Crippen LogP contribution < -0.4 is 10.6 Å². The molecule has 0 heterocycles. The molecule has 0 aliphatic rings. The van der Waals surface area contributed by atoms with Crippen LogP contribution in [0.5, 0.6) is 0 Å². The fraction of sp³-hybridized carbons (Fsp3) is 0. The molecule has 0 aromatic heterocycles. The standard InChI is InChI=1S/C14H8BrCl3N2O2/c15-8-6-7(4-5-9(8)16)19-14(22)20-13(21)12-10(17)2-1-3-11(12)18/h1-6H,(H2,19,20,21,22). The van der Waals surface area contributed by atoms with Crippen molar-refractivity contribution in [2.24, 2.45) is 0 Å². The van der Waals surface area contributed by atoms with E-state index in [1.807, 2.05) is 0 Å². The number of rotatable bonds is 2. The quantitative estimate of drug-likeness (QED) is 0.684. The monoisotopic (exact) mass is 420 g/mol. The Morgan fingerprint density at radius 3 is 2.18 bits per heavy atom. The molecular formula is C14H8BrCl3N2O2. The summed E-state index contributed by atoms with van der Waals surface area (Å²) in [6.07, 6.45) is 0. The zero-order valence-electron chi connectivity index (χ0n) is 10.8. The van der Waals surface area contributed by atoms with Gasteiger partial charge in [-0.15, -0.1) is 0 Å². The van der Waals surface area contributed by atoms with Gasteiger partial charge in [-0.1, -0.05) is 40.9 Å². The Morgan fingerprint density at radius 2 is 1.59 bits per heavy atom. The number of amides is 3. The van der Waals surface area contributed by atoms with Crippen molar-refractivity contribution in [1.29, 1.82) is 0 Å². The van der Waals surface area contributed by atoms with E-state index < -0.39 is 11.9 Å². The molecule has 0 atom stereocenters. The maximum absolute atomic E-state index is 12.0. The van der Waals surface area contributed by atoms with E-state index in [1.165, 1.54) is 12.1 Å². The lowest BCUT2D eigenvalue weighted by Crippen LogP contribution is -2.34. The van der Waals surface area contributed by atoms with E-state index in [4.69, 9.17) is 34.8 Å². The summed E-state index contributed by atoms with van der Waals surface area (Å²) in [6.45, 7) is 0. The van der Waals surface area contributed by atoms with Gasteiger partial charge in [-0.3, -0.25) is 10.1 Å². The van der Waals surface area contributed by atoms with Crippen molar-refractivity contribution in [3.8, 4) is 0 Å². The van der Waals surface area contributed by atoms with Crippen LogP contribution in [0.25, 0.3) is 0 Å². The Morgan fingerprint density at radius 1 is 0.955 bits per heavy atom. The van der Waals surface area contributed by atoms with E-state index in [2.05, 4.69) is 26.6 Å². The number of imide groups is 1. The van der Waals surface area contributed by atoms with Crippen molar-refractivity contribution in [2.45, 2.75) is 0 Å². The minimum atomic E-state index is -0.713. The Bertz CT molecular complexity index is 733. The van der Waals surface area contributed by atoms with Crippen molar-refractivity contribution < 1.29 is 9.59 Å². The van der Waals surface area contributed by atoms with Crippen LogP contribution in [0.3, 0.4) is 0 Å². The molecule has 0 aliphatic heterocycles. The summed E-state index contributed by atoms with van der Waals surface area (Å²) < 4.78 is 0.618. The van der Waals surface area contributed by atoms with Gasteiger partial charge in [0, 0.05) is 10.2 Å². The van der Waals surface area contributed by atoms with Gasteiger partial charge < -0.3 is 5.32 Å². The highest BCUT2D eigenvalue weighted by atomic mass is 79.9. The number of anilines is 1. The number of urea groups is 1. The van der Waals surface area contributed by atoms with Gasteiger partial charge in [-0.2, -0.15) is 0 Å². The summed E-state index contributed by atoms with van der Waals surface area (Å²) >= 11 is 20.9. The van der Waals surface area contributed by atoms with Crippen LogP contribution in [-0.4, -0.2) is 11.9 Å². The van der Waals surface area contributed by atoms with Crippen molar-refractivity contribution in [2.75, 3.05) is 5.32 Å². The fourth-order valence-electron chi connectivity index (χ4n) is 1.62. The topological polar surface area (TPSA) is 58.2 Å². The second-order valence-corrected chi connectivity index (χ2v) is 6.21. The molecule has 0 spiro atoms. The Labute approximate surface area is 149 Å². The molecule has 0 aliphatic carbocycles. The van der Waals surface area contributed by atoms with Crippen LogP contribution in [0.2, 0.25) is 15.1 Å². The number of benzene rings is 2. The van der Waals surface area contributed by atoms with Gasteiger partial charge in [0.1, 0.15) is 0 Å². The summed E-state index contributed by atoms with van der Waals surface area (Å²) in [4.78, 5) is 23.9. The lowest BCUT2D eigenvalue weighted by Gasteiger charge is -2.09. The lowest BCUT2D eigenvalue weighted by molar-refractivity contribution is 0.0967. The minimum Gasteiger partial charge on any atom is -0.308 e. The maximum atomic E-state index is 12.0. The molecule has 8 heteroatoms. The van der Waals surface area contributed by atoms with E-state index in [-0.39, 0.29) is 15.6 Å². The van der Waals surface area contributed by atoms with Gasteiger partial charge in [0.2, 0.25) is 0 Å². The summed E-state index contributed by atoms with van der Waals surface area (Å²) in [5.41, 5.74) is 0.505. The Kier molecular flexibility index (Phi) is 5.69. The summed E-state index contributed by atoms with van der Waals surface area (Å²) in [6, 6.07) is 8.72. The number of hydrogen-bond acceptors (Lipinski definition) is 2. The van der Waals surface area contributed by atoms with Crippen LogP contribution in [0.1, 0.15) is 10.4 Å². The summed E-state index contributed by atoms with van der Waals surface area (Å²) in [7, 11) is 0. The smallest absolute Gasteiger partial charge is 0.308 e. The average molecular weight is 422 g/mol. The molecule has 2 rings (SSSR count). The van der Waals surface area contributed by atoms with Gasteiger partial charge in [0.15, 0.2) is 0 Å². The first-order valence-corrected chi connectivity index (χ1v) is 7.82. The minimum absolute atomic E-state index is 0.0401. The first-order valence-electron chi connectivity index (χ1n) is 5.90. The van der Waals surface area contributed by atoms with E-state index in [0.29, 0.717) is 15.2 Å². The van der Waals surface area contributed by atoms with E-state index in [9.17, 15) is 9.59 Å². The van der Waals surface area contributed by atoms with Gasteiger partial charge in [-0.25, -0.2) is 4.79 Å². The van der Waals surface area contributed by atoms with Gasteiger partial charge in [-0.05, 0) is 46.3 Å². The normalized spacial score (nSPS) is 10.2. The van der Waals surface area contributed by atoms with Crippen LogP contribution in [-0.2, 0) is 0 Å². The zero-order valence-corrected chi connectivity index (χ0v) is 14.6. The van der Waals surface area contributed by atoms with Crippen LogP contribution in [0.4, 0.5) is 10.5 Å². The van der Waals surface area contributed by atoms with Crippen molar-refractivity contribution in [3.05, 3.63) is 61.5 Å². The number of carbonyl (C=O) groups excluding carboxylic acids is 2.